The van der Waals surface area contributed by atoms with Gasteiger partial charge in [0.2, 0.25) is 5.91 Å². The monoisotopic (exact) mass is 258 g/mol. The van der Waals surface area contributed by atoms with E-state index < -0.39 is 0 Å². The summed E-state index contributed by atoms with van der Waals surface area (Å²) in [4.78, 5) is 14.7. The van der Waals surface area contributed by atoms with E-state index in [0.717, 1.165) is 25.1 Å². The van der Waals surface area contributed by atoms with Crippen LogP contribution in [0.2, 0.25) is 0 Å². The Hall–Kier alpha value is -1.35. The fourth-order valence-corrected chi connectivity index (χ4v) is 3.56. The number of fused-ring (bicyclic) bond motifs is 2. The van der Waals surface area contributed by atoms with E-state index in [-0.39, 0.29) is 5.92 Å². The molecule has 0 aliphatic carbocycles. The van der Waals surface area contributed by atoms with Crippen molar-refractivity contribution in [1.82, 2.24) is 5.32 Å². The van der Waals surface area contributed by atoms with Crippen LogP contribution in [0, 0.1) is 12.8 Å². The second kappa shape index (κ2) is 4.97. The van der Waals surface area contributed by atoms with Gasteiger partial charge in [-0.15, -0.1) is 0 Å². The normalized spacial score (nSPS) is 28.6. The maximum Gasteiger partial charge on any atom is 0.231 e. The first-order valence-electron chi connectivity index (χ1n) is 7.33. The molecule has 0 spiro atoms. The Labute approximate surface area is 115 Å². The Morgan fingerprint density at radius 2 is 2.26 bits per heavy atom. The van der Waals surface area contributed by atoms with E-state index in [4.69, 9.17) is 0 Å². The zero-order chi connectivity index (χ0) is 13.4. The molecule has 2 heterocycles. The molecule has 3 heteroatoms. The van der Waals surface area contributed by atoms with Crippen molar-refractivity contribution in [2.24, 2.45) is 5.92 Å². The number of benzene rings is 1. The van der Waals surface area contributed by atoms with Crippen LogP contribution in [-0.4, -0.2) is 24.5 Å². The number of carbonyl (C=O) groups is 1. The Bertz CT molecular complexity index is 485. The minimum Gasteiger partial charge on any atom is -0.312 e. The van der Waals surface area contributed by atoms with Crippen molar-refractivity contribution < 1.29 is 4.79 Å². The molecule has 2 aliphatic heterocycles. The average Bonchev–Trinajstić information content (AvgIpc) is 3.02. The van der Waals surface area contributed by atoms with Crippen LogP contribution >= 0.6 is 0 Å². The third kappa shape index (κ3) is 2.27. The number of carbonyl (C=O) groups excluding carboxylic acids is 1. The Morgan fingerprint density at radius 3 is 2.84 bits per heavy atom. The van der Waals surface area contributed by atoms with Crippen molar-refractivity contribution in [2.45, 2.75) is 45.2 Å². The van der Waals surface area contributed by atoms with E-state index in [1.54, 1.807) is 0 Å². The number of hydrogen-bond donors (Lipinski definition) is 1. The number of nitrogens with one attached hydrogen (secondary N) is 1. The van der Waals surface area contributed by atoms with Gasteiger partial charge in [0.05, 0.1) is 5.92 Å². The van der Waals surface area contributed by atoms with Gasteiger partial charge in [0.1, 0.15) is 0 Å². The highest BCUT2D eigenvalue weighted by Gasteiger charge is 2.44. The van der Waals surface area contributed by atoms with Gasteiger partial charge in [-0.1, -0.05) is 12.1 Å². The fraction of sp³-hybridized carbons (Fsp3) is 0.562. The van der Waals surface area contributed by atoms with Gasteiger partial charge in [-0.05, 0) is 50.8 Å². The summed E-state index contributed by atoms with van der Waals surface area (Å²) in [7, 11) is 0. The quantitative estimate of drug-likeness (QED) is 0.903. The van der Waals surface area contributed by atoms with Crippen LogP contribution in [0.3, 0.4) is 0 Å². The van der Waals surface area contributed by atoms with Crippen LogP contribution in [0.4, 0.5) is 5.69 Å². The van der Waals surface area contributed by atoms with Crippen LogP contribution in [0.1, 0.15) is 31.7 Å². The molecular weight excluding hydrogens is 236 g/mol. The van der Waals surface area contributed by atoms with Gasteiger partial charge in [0.25, 0.3) is 0 Å². The van der Waals surface area contributed by atoms with Crippen molar-refractivity contribution >= 4 is 11.6 Å². The van der Waals surface area contributed by atoms with Gasteiger partial charge in [0, 0.05) is 24.3 Å². The molecule has 3 rings (SSSR count). The fourth-order valence-electron chi connectivity index (χ4n) is 3.56. The molecule has 1 N–H and O–H groups in total. The van der Waals surface area contributed by atoms with Gasteiger partial charge in [0.15, 0.2) is 0 Å². The molecule has 3 unspecified atom stereocenters. The van der Waals surface area contributed by atoms with Crippen LogP contribution in [-0.2, 0) is 4.79 Å². The lowest BCUT2D eigenvalue weighted by molar-refractivity contribution is -0.122. The van der Waals surface area contributed by atoms with Crippen LogP contribution in [0.5, 0.6) is 0 Å². The van der Waals surface area contributed by atoms with Gasteiger partial charge in [-0.25, -0.2) is 0 Å². The molecule has 3 nitrogen and oxygen atoms in total. The molecule has 0 aromatic heterocycles. The molecule has 2 saturated heterocycles. The van der Waals surface area contributed by atoms with E-state index in [1.165, 1.54) is 12.0 Å². The molecule has 2 bridgehead atoms. The first kappa shape index (κ1) is 12.7. The summed E-state index contributed by atoms with van der Waals surface area (Å²) < 4.78 is 0. The lowest BCUT2D eigenvalue weighted by Crippen LogP contribution is -2.41. The minimum absolute atomic E-state index is 0.180. The molecule has 1 aromatic rings. The van der Waals surface area contributed by atoms with Crippen LogP contribution in [0.25, 0.3) is 0 Å². The highest BCUT2D eigenvalue weighted by Crippen LogP contribution is 2.35. The number of rotatable bonds is 3. The summed E-state index contributed by atoms with van der Waals surface area (Å²) in [6, 6.07) is 9.23. The molecule has 2 fully saturated rings. The second-order valence-electron chi connectivity index (χ2n) is 5.81. The third-order valence-electron chi connectivity index (χ3n) is 4.51. The van der Waals surface area contributed by atoms with Gasteiger partial charge >= 0.3 is 0 Å². The minimum atomic E-state index is 0.180. The first-order valence-corrected chi connectivity index (χ1v) is 7.33. The van der Waals surface area contributed by atoms with E-state index >= 15 is 0 Å². The molecule has 102 valence electrons. The van der Waals surface area contributed by atoms with Gasteiger partial charge in [-0.3, -0.25) is 4.79 Å². The summed E-state index contributed by atoms with van der Waals surface area (Å²) in [6.45, 7) is 4.87. The predicted octanol–water partition coefficient (Wildman–Crippen LogP) is 2.49. The predicted molar refractivity (Wildman–Crippen MR) is 77.3 cm³/mol. The van der Waals surface area contributed by atoms with Crippen molar-refractivity contribution in [2.75, 3.05) is 11.4 Å². The standard InChI is InChI=1S/C16H22N2O/c1-3-18(13-6-4-5-11(2)9-13)16(19)14-10-12-7-8-15(14)17-12/h4-6,9,12,14-15,17H,3,7-8,10H2,1-2H3. The summed E-state index contributed by atoms with van der Waals surface area (Å²) in [5, 5.41) is 3.55. The third-order valence-corrected chi connectivity index (χ3v) is 4.51. The van der Waals surface area contributed by atoms with E-state index in [1.807, 2.05) is 17.0 Å². The van der Waals surface area contributed by atoms with Gasteiger partial charge < -0.3 is 10.2 Å². The first-order chi connectivity index (χ1) is 9.19. The molecule has 3 atom stereocenters. The highest BCUT2D eigenvalue weighted by atomic mass is 16.2. The molecule has 0 radical (unpaired) electrons. The lowest BCUT2D eigenvalue weighted by Gasteiger charge is -2.28. The summed E-state index contributed by atoms with van der Waals surface area (Å²) >= 11 is 0. The topological polar surface area (TPSA) is 32.3 Å². The SMILES string of the molecule is CCN(C(=O)C1CC2CCC1N2)c1cccc(C)c1. The molecule has 1 aromatic carbocycles. The van der Waals surface area contributed by atoms with Gasteiger partial charge in [-0.2, -0.15) is 0 Å². The highest BCUT2D eigenvalue weighted by molar-refractivity contribution is 5.95. The Kier molecular flexibility index (Phi) is 3.31. The molecule has 1 amide bonds. The molecule has 2 aliphatic rings. The largest absolute Gasteiger partial charge is 0.312 e. The van der Waals surface area contributed by atoms with Crippen LogP contribution < -0.4 is 10.2 Å². The Morgan fingerprint density at radius 1 is 1.42 bits per heavy atom. The van der Waals surface area contributed by atoms with E-state index in [2.05, 4.69) is 31.3 Å². The Balaban J connectivity index is 1.80. The van der Waals surface area contributed by atoms with E-state index in [9.17, 15) is 4.79 Å². The molecule has 0 saturated carbocycles. The number of amides is 1. The van der Waals surface area contributed by atoms with Crippen molar-refractivity contribution in [3.63, 3.8) is 0 Å². The summed E-state index contributed by atoms with van der Waals surface area (Å²) in [5.41, 5.74) is 2.24. The van der Waals surface area contributed by atoms with Crippen LogP contribution in [0.15, 0.2) is 24.3 Å². The number of hydrogen-bond acceptors (Lipinski definition) is 2. The maximum atomic E-state index is 12.8. The smallest absolute Gasteiger partial charge is 0.231 e. The van der Waals surface area contributed by atoms with Crippen molar-refractivity contribution in [3.05, 3.63) is 29.8 Å². The number of nitrogens with zero attached hydrogens (tertiary/aromatic N) is 1. The number of aryl methyl sites for hydroxylation is 1. The number of anilines is 1. The zero-order valence-corrected chi connectivity index (χ0v) is 11.7. The zero-order valence-electron chi connectivity index (χ0n) is 11.7. The summed E-state index contributed by atoms with van der Waals surface area (Å²) in [5.74, 6) is 0.479. The maximum absolute atomic E-state index is 12.8. The molecule has 19 heavy (non-hydrogen) atoms. The molecular formula is C16H22N2O. The van der Waals surface area contributed by atoms with E-state index in [0.29, 0.717) is 18.0 Å². The van der Waals surface area contributed by atoms with Crippen molar-refractivity contribution in [1.29, 1.82) is 0 Å². The second-order valence-corrected chi connectivity index (χ2v) is 5.81. The average molecular weight is 258 g/mol. The lowest BCUT2D eigenvalue weighted by atomic mass is 9.88. The van der Waals surface area contributed by atoms with Crippen molar-refractivity contribution in [3.8, 4) is 0 Å². The summed E-state index contributed by atoms with van der Waals surface area (Å²) in [6.07, 6.45) is 3.42.